The number of pyridine rings is 1. The smallest absolute Gasteiger partial charge is 0.338 e. The van der Waals surface area contributed by atoms with Crippen molar-refractivity contribution in [1.29, 1.82) is 0 Å². The van der Waals surface area contributed by atoms with Gasteiger partial charge in [0.05, 0.1) is 86.9 Å². The molecule has 6 aromatic rings. The molecule has 0 bridgehead atoms. The van der Waals surface area contributed by atoms with Crippen molar-refractivity contribution >= 4 is 62.9 Å². The van der Waals surface area contributed by atoms with Crippen LogP contribution in [0.3, 0.4) is 0 Å². The third-order valence-electron chi connectivity index (χ3n) is 14.1. The Labute approximate surface area is 432 Å². The third kappa shape index (κ3) is 9.84. The van der Waals surface area contributed by atoms with E-state index in [1.807, 2.05) is 23.6 Å². The summed E-state index contributed by atoms with van der Waals surface area (Å²) in [6.07, 6.45) is 0.995. The van der Waals surface area contributed by atoms with Crippen LogP contribution in [0.1, 0.15) is 70.7 Å². The Hall–Kier alpha value is -6.13. The maximum Gasteiger partial charge on any atom is 0.338 e. The van der Waals surface area contributed by atoms with Crippen molar-refractivity contribution < 1.29 is 65.0 Å². The number of fused-ring (bicyclic) bond motifs is 4. The maximum atomic E-state index is 13.6. The van der Waals surface area contributed by atoms with Gasteiger partial charge in [-0.1, -0.05) is 17.7 Å². The van der Waals surface area contributed by atoms with E-state index in [0.29, 0.717) is 79.3 Å². The molecule has 5 heterocycles. The fraction of sp³-hybridized carbons (Fsp3) is 0.471. The SMILES string of the molecule is COC(=O)c1cc(OC)c2nc(CCl)n(CCOC3CC3(F)F)c2c1.COC(=O)c1cc(OC)c2nc(CN3CCN(c4cccc5c4OC(C)(c4ccc(Cl)cn4)O5)[C@@H]4CC[C@H]43)n(CCOC3CC3(F)F)c2c1. The van der Waals surface area contributed by atoms with E-state index in [4.69, 9.17) is 66.1 Å². The number of aromatic nitrogens is 5. The lowest BCUT2D eigenvalue weighted by Crippen LogP contribution is -2.64. The lowest BCUT2D eigenvalue weighted by molar-refractivity contribution is -0.0717. The van der Waals surface area contributed by atoms with E-state index in [0.717, 1.165) is 37.4 Å². The highest BCUT2D eigenvalue weighted by molar-refractivity contribution is 6.30. The summed E-state index contributed by atoms with van der Waals surface area (Å²) >= 11 is 12.0. The highest BCUT2D eigenvalue weighted by Gasteiger charge is 2.59. The number of carbonyl (C=O) groups excluding carboxylic acids is 2. The summed E-state index contributed by atoms with van der Waals surface area (Å²) in [7, 11) is 5.59. The number of halogens is 6. The molecule has 0 amide bonds. The van der Waals surface area contributed by atoms with E-state index in [1.165, 1.54) is 34.5 Å². The first kappa shape index (κ1) is 51.4. The van der Waals surface area contributed by atoms with Gasteiger partial charge in [0, 0.05) is 64.2 Å². The van der Waals surface area contributed by atoms with Crippen molar-refractivity contribution in [2.45, 2.75) is 100 Å². The highest BCUT2D eigenvalue weighted by atomic mass is 35.5. The van der Waals surface area contributed by atoms with Crippen molar-refractivity contribution in [3.8, 4) is 23.0 Å². The molecule has 5 atom stereocenters. The van der Waals surface area contributed by atoms with Crippen molar-refractivity contribution in [3.63, 3.8) is 0 Å². The predicted molar refractivity (Wildman–Crippen MR) is 262 cm³/mol. The summed E-state index contributed by atoms with van der Waals surface area (Å²) in [6.45, 7) is 4.59. The molecule has 3 saturated carbocycles. The van der Waals surface area contributed by atoms with Gasteiger partial charge in [-0.3, -0.25) is 9.88 Å². The second kappa shape index (κ2) is 20.2. The molecule has 5 aliphatic rings. The van der Waals surface area contributed by atoms with E-state index in [1.54, 1.807) is 41.1 Å². The van der Waals surface area contributed by atoms with Gasteiger partial charge in [0.2, 0.25) is 0 Å². The van der Waals surface area contributed by atoms with Gasteiger partial charge in [-0.2, -0.15) is 0 Å². The number of hydrogen-bond acceptors (Lipinski definition) is 15. The summed E-state index contributed by atoms with van der Waals surface area (Å²) in [5.41, 5.74) is 4.57. The van der Waals surface area contributed by atoms with Gasteiger partial charge in [-0.25, -0.2) is 37.1 Å². The molecule has 3 aromatic carbocycles. The first-order valence-electron chi connectivity index (χ1n) is 24.0. The van der Waals surface area contributed by atoms with Gasteiger partial charge in [0.25, 0.3) is 17.6 Å². The Kier molecular flexibility index (Phi) is 14.0. The van der Waals surface area contributed by atoms with Gasteiger partial charge in [0.15, 0.2) is 11.5 Å². The van der Waals surface area contributed by atoms with Crippen LogP contribution in [0.2, 0.25) is 5.02 Å². The number of methoxy groups -OCH3 is 4. The average molecular weight is 1070 g/mol. The first-order chi connectivity index (χ1) is 35.5. The number of nitrogens with zero attached hydrogens (tertiary/aromatic N) is 7. The van der Waals surface area contributed by atoms with Crippen LogP contribution in [0.25, 0.3) is 22.1 Å². The van der Waals surface area contributed by atoms with Gasteiger partial charge in [-0.05, 0) is 61.4 Å². The number of carbonyl (C=O) groups is 2. The lowest BCUT2D eigenvalue weighted by Gasteiger charge is -2.54. The Balaban J connectivity index is 0.000000211. The minimum Gasteiger partial charge on any atom is -0.494 e. The number of imidazole rings is 2. The molecule has 23 heteroatoms. The average Bonchev–Trinajstić information content (AvgIpc) is 3.91. The predicted octanol–water partition coefficient (Wildman–Crippen LogP) is 8.80. The third-order valence-corrected chi connectivity index (χ3v) is 14.6. The highest BCUT2D eigenvalue weighted by Crippen LogP contribution is 2.51. The monoisotopic (exact) mass is 1070 g/mol. The number of esters is 2. The number of piperazine rings is 1. The van der Waals surface area contributed by atoms with Gasteiger partial charge in [-0.15, -0.1) is 11.6 Å². The number of rotatable bonds is 17. The summed E-state index contributed by atoms with van der Waals surface area (Å²) < 4.78 is 101. The normalized spacial score (nSPS) is 22.9. The summed E-state index contributed by atoms with van der Waals surface area (Å²) in [5.74, 6) is -4.05. The molecule has 4 fully saturated rings. The summed E-state index contributed by atoms with van der Waals surface area (Å²) in [4.78, 5) is 43.1. The quantitative estimate of drug-likeness (QED) is 0.0484. The van der Waals surface area contributed by atoms with Crippen LogP contribution >= 0.6 is 23.2 Å². The number of benzene rings is 3. The largest absolute Gasteiger partial charge is 0.494 e. The van der Waals surface area contributed by atoms with Crippen molar-refractivity contribution in [1.82, 2.24) is 29.0 Å². The van der Waals surface area contributed by atoms with Crippen LogP contribution < -0.4 is 23.8 Å². The molecule has 74 heavy (non-hydrogen) atoms. The van der Waals surface area contributed by atoms with Gasteiger partial charge < -0.3 is 51.9 Å². The molecule has 3 unspecified atom stereocenters. The molecule has 2 aliphatic heterocycles. The molecule has 3 aromatic heterocycles. The van der Waals surface area contributed by atoms with E-state index in [9.17, 15) is 27.2 Å². The van der Waals surface area contributed by atoms with Crippen molar-refractivity contribution in [3.05, 3.63) is 94.3 Å². The van der Waals surface area contributed by atoms with E-state index in [2.05, 4.69) is 25.8 Å². The number of alkyl halides is 5. The zero-order valence-electron chi connectivity index (χ0n) is 41.0. The van der Waals surface area contributed by atoms with Crippen molar-refractivity contribution in [2.24, 2.45) is 0 Å². The van der Waals surface area contributed by atoms with Crippen LogP contribution in [0.5, 0.6) is 23.0 Å². The van der Waals surface area contributed by atoms with Gasteiger partial charge >= 0.3 is 11.9 Å². The van der Waals surface area contributed by atoms with Crippen LogP contribution in [0.15, 0.2) is 60.8 Å². The van der Waals surface area contributed by atoms with Crippen LogP contribution in [0.4, 0.5) is 23.2 Å². The fourth-order valence-corrected chi connectivity index (χ4v) is 10.2. The van der Waals surface area contributed by atoms with Crippen LogP contribution in [-0.4, -0.2) is 132 Å². The molecule has 394 valence electrons. The van der Waals surface area contributed by atoms with Crippen LogP contribution in [0, 0.1) is 0 Å². The Bertz CT molecular complexity index is 3110. The zero-order valence-corrected chi connectivity index (χ0v) is 42.6. The lowest BCUT2D eigenvalue weighted by atomic mass is 9.81. The molecule has 0 radical (unpaired) electrons. The second-order valence-corrected chi connectivity index (χ2v) is 19.4. The van der Waals surface area contributed by atoms with E-state index >= 15 is 0 Å². The Morgan fingerprint density at radius 3 is 1.82 bits per heavy atom. The topological polar surface area (TPSA) is 163 Å². The standard InChI is InChI=1S/C35H36ClF2N5O6.C16H17ClF2N2O4/c1-34(28-10-7-21(36)18-39-28)48-26-6-4-5-24(32(26)49-34)42-12-11-41(22-8-9-23(22)42)19-30-40-31-25(15-20(33(44)46-3)16-27(31)45-2)43(30)13-14-47-29-17-35(29,37)38;1-23-11-6-9(15(22)24-2)5-10-14(11)20-13(8-17)21(10)3-4-25-12-7-16(12,18)19/h4-7,10,15-16,18,22-23,29H,8-9,11-14,17,19H2,1-3H3;5-6,12H,3-4,7-8H2,1-2H3/t22-,23-,29?,34?;/m1./s1. The minimum absolute atomic E-state index is 0.0783. The number of ether oxygens (including phenoxy) is 8. The molecule has 1 saturated heterocycles. The van der Waals surface area contributed by atoms with Crippen molar-refractivity contribution in [2.75, 3.05) is 59.6 Å². The fourth-order valence-electron chi connectivity index (χ4n) is 9.88. The number of anilines is 1. The molecule has 11 rings (SSSR count). The summed E-state index contributed by atoms with van der Waals surface area (Å²) in [5, 5.41) is 0.536. The molecule has 3 aliphatic carbocycles. The zero-order chi connectivity index (χ0) is 52.3. The second-order valence-electron chi connectivity index (χ2n) is 18.7. The molecular weight excluding hydrogens is 1020 g/mol. The Morgan fingerprint density at radius 1 is 0.757 bits per heavy atom. The minimum atomic E-state index is -2.78. The molecule has 0 N–H and O–H groups in total. The molecular formula is C51H53Cl2F4N7O10. The maximum absolute atomic E-state index is 13.6. The first-order valence-corrected chi connectivity index (χ1v) is 24.9. The number of hydrogen-bond donors (Lipinski definition) is 0. The van der Waals surface area contributed by atoms with E-state index in [-0.39, 0.29) is 57.1 Å². The van der Waals surface area contributed by atoms with E-state index < -0.39 is 41.8 Å². The van der Waals surface area contributed by atoms with Gasteiger partial charge in [0.1, 0.15) is 52.1 Å². The molecule has 0 spiro atoms. The van der Waals surface area contributed by atoms with Crippen LogP contribution in [-0.2, 0) is 50.2 Å². The number of para-hydroxylation sites is 1. The summed E-state index contributed by atoms with van der Waals surface area (Å²) in [6, 6.07) is 16.5. The Morgan fingerprint density at radius 2 is 1.32 bits per heavy atom. The molecule has 17 nitrogen and oxygen atoms in total.